The first kappa shape index (κ1) is 18.5. The van der Waals surface area contributed by atoms with Crippen LogP contribution in [0.4, 0.5) is 0 Å². The lowest BCUT2D eigenvalue weighted by molar-refractivity contribution is -0.148. The number of benzene rings is 1. The van der Waals surface area contributed by atoms with Crippen LogP contribution in [0.3, 0.4) is 0 Å². The molecular weight excluding hydrogens is 316 g/mol. The summed E-state index contributed by atoms with van der Waals surface area (Å²) in [5.74, 6) is -1.08. The Morgan fingerprint density at radius 2 is 1.77 bits per heavy atom. The summed E-state index contributed by atoms with van der Waals surface area (Å²) >= 11 is 5.70. The summed E-state index contributed by atoms with van der Waals surface area (Å²) in [6.07, 6.45) is -6.29. The maximum Gasteiger partial charge on any atom is 0.271 e. The molecule has 0 aliphatic rings. The highest BCUT2D eigenvalue weighted by Gasteiger charge is 2.34. The zero-order valence-corrected chi connectivity index (χ0v) is 12.1. The summed E-state index contributed by atoms with van der Waals surface area (Å²) in [7, 11) is 0. The van der Waals surface area contributed by atoms with Gasteiger partial charge in [-0.1, -0.05) is 23.7 Å². The monoisotopic (exact) mass is 332 g/mol. The normalized spacial score (nSPS) is 17.0. The number of nitrogens with one attached hydrogen (secondary N) is 1. The highest BCUT2D eigenvalue weighted by molar-refractivity contribution is 6.30. The molecule has 1 rings (SSSR count). The predicted octanol–water partition coefficient (Wildman–Crippen LogP) is -1.77. The average Bonchev–Trinajstić information content (AvgIpc) is 2.53. The molecule has 0 saturated heterocycles. The Morgan fingerprint density at radius 3 is 2.32 bits per heavy atom. The summed E-state index contributed by atoms with van der Waals surface area (Å²) in [5.41, 5.74) is 2.61. The minimum Gasteiger partial charge on any atom is -0.394 e. The van der Waals surface area contributed by atoms with Crippen LogP contribution in [0.5, 0.6) is 0 Å². The molecule has 0 bridgehead atoms. The van der Waals surface area contributed by atoms with Crippen molar-refractivity contribution in [2.75, 3.05) is 6.61 Å². The van der Waals surface area contributed by atoms with Crippen molar-refractivity contribution in [3.63, 3.8) is 0 Å². The highest BCUT2D eigenvalue weighted by Crippen LogP contribution is 2.08. The number of halogens is 1. The van der Waals surface area contributed by atoms with Gasteiger partial charge < -0.3 is 25.5 Å². The van der Waals surface area contributed by atoms with Gasteiger partial charge in [-0.2, -0.15) is 5.10 Å². The van der Waals surface area contributed by atoms with E-state index in [1.165, 1.54) is 6.21 Å². The molecule has 1 amide bonds. The van der Waals surface area contributed by atoms with Crippen molar-refractivity contribution >= 4 is 23.7 Å². The van der Waals surface area contributed by atoms with E-state index >= 15 is 0 Å². The maximum absolute atomic E-state index is 11.5. The van der Waals surface area contributed by atoms with E-state index in [-0.39, 0.29) is 0 Å². The molecule has 1 aromatic carbocycles. The van der Waals surface area contributed by atoms with Gasteiger partial charge in [0.1, 0.15) is 18.3 Å². The van der Waals surface area contributed by atoms with Gasteiger partial charge >= 0.3 is 0 Å². The lowest BCUT2D eigenvalue weighted by atomic mass is 10.0. The van der Waals surface area contributed by atoms with Crippen molar-refractivity contribution in [3.8, 4) is 0 Å². The van der Waals surface area contributed by atoms with Crippen LogP contribution >= 0.6 is 11.6 Å². The maximum atomic E-state index is 11.5. The summed E-state index contributed by atoms with van der Waals surface area (Å²) in [5, 5.41) is 50.3. The van der Waals surface area contributed by atoms with Crippen LogP contribution in [0.2, 0.25) is 5.02 Å². The third-order valence-corrected chi connectivity index (χ3v) is 3.03. The summed E-state index contributed by atoms with van der Waals surface area (Å²) in [6, 6.07) is 6.53. The van der Waals surface area contributed by atoms with E-state index in [0.29, 0.717) is 10.6 Å². The third kappa shape index (κ3) is 5.34. The molecular formula is C13H17ClN2O6. The fourth-order valence-corrected chi connectivity index (χ4v) is 1.59. The molecule has 0 aliphatic heterocycles. The lowest BCUT2D eigenvalue weighted by Crippen LogP contribution is -2.50. The van der Waals surface area contributed by atoms with Crippen LogP contribution in [0.25, 0.3) is 0 Å². The Labute approximate surface area is 131 Å². The van der Waals surface area contributed by atoms with Crippen LogP contribution in [-0.2, 0) is 4.79 Å². The summed E-state index contributed by atoms with van der Waals surface area (Å²) < 4.78 is 0. The van der Waals surface area contributed by atoms with Crippen molar-refractivity contribution < 1.29 is 30.3 Å². The van der Waals surface area contributed by atoms with Gasteiger partial charge in [-0.05, 0) is 17.7 Å². The number of carbonyl (C=O) groups is 1. The highest BCUT2D eigenvalue weighted by atomic mass is 35.5. The van der Waals surface area contributed by atoms with Crippen LogP contribution in [0, 0.1) is 0 Å². The Balaban J connectivity index is 2.55. The first-order valence-electron chi connectivity index (χ1n) is 6.28. The van der Waals surface area contributed by atoms with Gasteiger partial charge in [-0.3, -0.25) is 4.79 Å². The topological polar surface area (TPSA) is 143 Å². The molecule has 0 fully saturated rings. The van der Waals surface area contributed by atoms with E-state index in [1.807, 2.05) is 5.43 Å². The van der Waals surface area contributed by atoms with E-state index in [4.69, 9.17) is 21.8 Å². The molecule has 122 valence electrons. The predicted molar refractivity (Wildman–Crippen MR) is 78.3 cm³/mol. The summed E-state index contributed by atoms with van der Waals surface area (Å²) in [6.45, 7) is -0.832. The first-order valence-corrected chi connectivity index (χ1v) is 6.66. The molecule has 1 aromatic rings. The lowest BCUT2D eigenvalue weighted by Gasteiger charge is -2.24. The molecule has 0 aliphatic carbocycles. The van der Waals surface area contributed by atoms with Crippen molar-refractivity contribution in [1.29, 1.82) is 0 Å². The first-order chi connectivity index (χ1) is 10.4. The number of amides is 1. The zero-order chi connectivity index (χ0) is 16.7. The second-order valence-electron chi connectivity index (χ2n) is 4.46. The van der Waals surface area contributed by atoms with E-state index in [0.717, 1.165) is 0 Å². The van der Waals surface area contributed by atoms with Crippen molar-refractivity contribution in [1.82, 2.24) is 5.43 Å². The molecule has 0 radical (unpaired) electrons. The van der Waals surface area contributed by atoms with Crippen LogP contribution < -0.4 is 5.43 Å². The number of hydrogen-bond donors (Lipinski definition) is 6. The minimum absolute atomic E-state index is 0.538. The van der Waals surface area contributed by atoms with Gasteiger partial charge in [0.15, 0.2) is 6.10 Å². The number of aliphatic hydroxyl groups is 5. The number of nitrogens with zero attached hydrogens (tertiary/aromatic N) is 1. The number of hydrazone groups is 1. The SMILES string of the molecule is O=C(N/N=C/c1ccc(Cl)cc1)C(O)C(O)C(O)C(O)CO. The quantitative estimate of drug-likeness (QED) is 0.257. The Kier molecular flexibility index (Phi) is 7.39. The van der Waals surface area contributed by atoms with Gasteiger partial charge in [0.25, 0.3) is 5.91 Å². The molecule has 4 atom stereocenters. The molecule has 0 heterocycles. The molecule has 0 saturated carbocycles. The van der Waals surface area contributed by atoms with Gasteiger partial charge in [-0.15, -0.1) is 0 Å². The molecule has 6 N–H and O–H groups in total. The number of aliphatic hydroxyl groups excluding tert-OH is 5. The van der Waals surface area contributed by atoms with E-state index in [1.54, 1.807) is 24.3 Å². The van der Waals surface area contributed by atoms with Gasteiger partial charge in [0.2, 0.25) is 0 Å². The summed E-state index contributed by atoms with van der Waals surface area (Å²) in [4.78, 5) is 11.5. The van der Waals surface area contributed by atoms with Crippen LogP contribution in [0.1, 0.15) is 5.56 Å². The Morgan fingerprint density at radius 1 is 1.18 bits per heavy atom. The fraction of sp³-hybridized carbons (Fsp3) is 0.385. The number of carbonyl (C=O) groups excluding carboxylic acids is 1. The van der Waals surface area contributed by atoms with E-state index in [2.05, 4.69) is 5.10 Å². The molecule has 8 nitrogen and oxygen atoms in total. The Hall–Kier alpha value is -1.55. The van der Waals surface area contributed by atoms with E-state index < -0.39 is 36.9 Å². The second-order valence-corrected chi connectivity index (χ2v) is 4.90. The van der Waals surface area contributed by atoms with Crippen molar-refractivity contribution in [2.45, 2.75) is 24.4 Å². The van der Waals surface area contributed by atoms with Crippen LogP contribution in [-0.4, -0.2) is 68.7 Å². The van der Waals surface area contributed by atoms with Crippen LogP contribution in [0.15, 0.2) is 29.4 Å². The molecule has 4 unspecified atom stereocenters. The van der Waals surface area contributed by atoms with Crippen molar-refractivity contribution in [3.05, 3.63) is 34.9 Å². The molecule has 0 spiro atoms. The molecule has 9 heteroatoms. The zero-order valence-electron chi connectivity index (χ0n) is 11.4. The largest absolute Gasteiger partial charge is 0.394 e. The minimum atomic E-state index is -2.03. The van der Waals surface area contributed by atoms with Gasteiger partial charge in [-0.25, -0.2) is 5.43 Å². The molecule has 22 heavy (non-hydrogen) atoms. The Bertz CT molecular complexity index is 510. The number of hydrogen-bond acceptors (Lipinski definition) is 7. The number of rotatable bonds is 7. The van der Waals surface area contributed by atoms with Crippen molar-refractivity contribution in [2.24, 2.45) is 5.10 Å². The standard InChI is InChI=1S/C13H17ClN2O6/c14-8-3-1-7(2-4-8)5-15-16-13(22)12(21)11(20)10(19)9(18)6-17/h1-5,9-12,17-21H,6H2,(H,16,22)/b15-5+. The van der Waals surface area contributed by atoms with Gasteiger partial charge in [0.05, 0.1) is 12.8 Å². The molecule has 0 aromatic heterocycles. The smallest absolute Gasteiger partial charge is 0.271 e. The fourth-order valence-electron chi connectivity index (χ4n) is 1.46. The average molecular weight is 333 g/mol. The van der Waals surface area contributed by atoms with Gasteiger partial charge in [0, 0.05) is 5.02 Å². The third-order valence-electron chi connectivity index (χ3n) is 2.78. The second kappa shape index (κ2) is 8.79. The van der Waals surface area contributed by atoms with E-state index in [9.17, 15) is 20.1 Å².